The third kappa shape index (κ3) is 6.01. The summed E-state index contributed by atoms with van der Waals surface area (Å²) >= 11 is 1.39. The van der Waals surface area contributed by atoms with Crippen LogP contribution in [0.25, 0.3) is 10.4 Å². The molecule has 0 saturated carbocycles. The van der Waals surface area contributed by atoms with Crippen LogP contribution in [0.3, 0.4) is 0 Å². The number of aryl methyl sites for hydroxylation is 1. The van der Waals surface area contributed by atoms with Crippen molar-refractivity contribution in [2.24, 2.45) is 11.8 Å². The number of rotatable bonds is 8. The van der Waals surface area contributed by atoms with Crippen molar-refractivity contribution >= 4 is 39.0 Å². The van der Waals surface area contributed by atoms with Crippen molar-refractivity contribution in [3.05, 3.63) is 48.2 Å². The maximum Gasteiger partial charge on any atom is 0.229 e. The van der Waals surface area contributed by atoms with Crippen LogP contribution in [0.15, 0.2) is 47.4 Å². The molecule has 10 heteroatoms. The molecular formula is C25H29N3O5S2. The molecule has 1 fully saturated rings. The highest BCUT2D eigenvalue weighted by molar-refractivity contribution is 7.86. The van der Waals surface area contributed by atoms with Gasteiger partial charge in [0.15, 0.2) is 16.1 Å². The number of nitrogens with zero attached hydrogens (tertiary/aromatic N) is 1. The van der Waals surface area contributed by atoms with E-state index in [1.54, 1.807) is 24.3 Å². The number of amides is 1. The van der Waals surface area contributed by atoms with Crippen LogP contribution in [0.5, 0.6) is 11.5 Å². The van der Waals surface area contributed by atoms with Gasteiger partial charge in [-0.25, -0.2) is 9.19 Å². The lowest BCUT2D eigenvalue weighted by Gasteiger charge is -2.26. The fraction of sp³-hybridized carbons (Fsp3) is 0.360. The predicted molar refractivity (Wildman–Crippen MR) is 138 cm³/mol. The van der Waals surface area contributed by atoms with Crippen molar-refractivity contribution in [2.45, 2.75) is 31.6 Å². The smallest absolute Gasteiger partial charge is 0.229 e. The highest BCUT2D eigenvalue weighted by Gasteiger charge is 2.27. The standard InChI is InChI=1S/C25H29N3O5S2/c1-15(17-10-12-33-13-11-17)24(30)27-25-26-16(2)23(34-25)18-4-9-21(32-3)22(14-18)35(31)28-19-5-7-20(29)8-6-19/h4-9,14-15,17,28-29H,10-13H2,1-3H3,(H,26,27,30). The number of nitrogens with one attached hydrogen (secondary N) is 2. The van der Waals surface area contributed by atoms with Gasteiger partial charge >= 0.3 is 0 Å². The Morgan fingerprint density at radius 3 is 2.63 bits per heavy atom. The molecule has 3 N–H and O–H groups in total. The van der Waals surface area contributed by atoms with Crippen LogP contribution in [0.1, 0.15) is 25.5 Å². The molecule has 0 spiro atoms. The minimum absolute atomic E-state index is 0.0354. The average molecular weight is 516 g/mol. The van der Waals surface area contributed by atoms with E-state index in [4.69, 9.17) is 9.47 Å². The van der Waals surface area contributed by atoms with Gasteiger partial charge in [0.05, 0.1) is 17.7 Å². The zero-order valence-electron chi connectivity index (χ0n) is 19.9. The van der Waals surface area contributed by atoms with Gasteiger partial charge in [0.1, 0.15) is 16.4 Å². The van der Waals surface area contributed by atoms with E-state index < -0.39 is 11.0 Å². The van der Waals surface area contributed by atoms with Crippen LogP contribution < -0.4 is 14.8 Å². The maximum absolute atomic E-state index is 13.1. The van der Waals surface area contributed by atoms with E-state index in [2.05, 4.69) is 15.0 Å². The first-order valence-electron chi connectivity index (χ1n) is 11.4. The Labute approximate surface area is 211 Å². The van der Waals surface area contributed by atoms with E-state index in [9.17, 15) is 14.1 Å². The first kappa shape index (κ1) is 25.2. The molecule has 0 bridgehead atoms. The molecule has 35 heavy (non-hydrogen) atoms. The largest absolute Gasteiger partial charge is 0.508 e. The number of benzene rings is 2. The van der Waals surface area contributed by atoms with Gasteiger partial charge in [-0.1, -0.05) is 18.3 Å². The fourth-order valence-corrected chi connectivity index (χ4v) is 6.02. The minimum Gasteiger partial charge on any atom is -0.508 e. The summed E-state index contributed by atoms with van der Waals surface area (Å²) in [6.45, 7) is 5.24. The van der Waals surface area contributed by atoms with Crippen molar-refractivity contribution in [2.75, 3.05) is 30.4 Å². The first-order chi connectivity index (χ1) is 16.9. The van der Waals surface area contributed by atoms with Crippen LogP contribution in [0, 0.1) is 18.8 Å². The fourth-order valence-electron chi connectivity index (χ4n) is 4.02. The van der Waals surface area contributed by atoms with E-state index in [1.807, 2.05) is 19.9 Å². The van der Waals surface area contributed by atoms with Crippen LogP contribution in [-0.2, 0) is 20.5 Å². The van der Waals surface area contributed by atoms with Crippen LogP contribution >= 0.6 is 11.3 Å². The zero-order valence-corrected chi connectivity index (χ0v) is 21.5. The minimum atomic E-state index is -1.61. The highest BCUT2D eigenvalue weighted by Crippen LogP contribution is 2.37. The molecule has 0 radical (unpaired) electrons. The lowest BCUT2D eigenvalue weighted by Crippen LogP contribution is -2.30. The monoisotopic (exact) mass is 515 g/mol. The topological polar surface area (TPSA) is 110 Å². The summed E-state index contributed by atoms with van der Waals surface area (Å²) in [5.41, 5.74) is 2.21. The van der Waals surface area contributed by atoms with Gasteiger partial charge in [0.25, 0.3) is 0 Å². The van der Waals surface area contributed by atoms with Crippen molar-refractivity contribution in [1.29, 1.82) is 0 Å². The molecule has 186 valence electrons. The van der Waals surface area contributed by atoms with Gasteiger partial charge in [0, 0.05) is 24.8 Å². The SMILES string of the molecule is COc1ccc(-c2sc(NC(=O)C(C)C3CCOCC3)nc2C)cc1S(=O)Nc1ccc(O)cc1. The second kappa shape index (κ2) is 11.2. The lowest BCUT2D eigenvalue weighted by molar-refractivity contribution is -0.122. The number of carbonyl (C=O) groups excluding carboxylic acids is 1. The van der Waals surface area contributed by atoms with E-state index in [0.29, 0.717) is 40.6 Å². The molecule has 0 aliphatic carbocycles. The van der Waals surface area contributed by atoms with Gasteiger partial charge in [-0.15, -0.1) is 0 Å². The number of hydrogen-bond donors (Lipinski definition) is 3. The number of aromatic hydroxyl groups is 1. The Bertz CT molecular complexity index is 1210. The van der Waals surface area contributed by atoms with Crippen molar-refractivity contribution in [3.8, 4) is 21.9 Å². The van der Waals surface area contributed by atoms with Gasteiger partial charge < -0.3 is 24.6 Å². The summed E-state index contributed by atoms with van der Waals surface area (Å²) in [5.74, 6) is 0.773. The Morgan fingerprint density at radius 2 is 1.94 bits per heavy atom. The van der Waals surface area contributed by atoms with E-state index in [1.165, 1.54) is 30.6 Å². The maximum atomic E-state index is 13.1. The van der Waals surface area contributed by atoms with Crippen molar-refractivity contribution in [1.82, 2.24) is 4.98 Å². The molecule has 1 aliphatic rings. The molecule has 1 aliphatic heterocycles. The van der Waals surface area contributed by atoms with Crippen LogP contribution in [0.4, 0.5) is 10.8 Å². The summed E-state index contributed by atoms with van der Waals surface area (Å²) in [7, 11) is -0.0778. The number of phenols is 1. The number of hydrogen-bond acceptors (Lipinski definition) is 7. The summed E-state index contributed by atoms with van der Waals surface area (Å²) in [4.78, 5) is 18.7. The predicted octanol–water partition coefficient (Wildman–Crippen LogP) is 4.97. The number of methoxy groups -OCH3 is 1. The summed E-state index contributed by atoms with van der Waals surface area (Å²) in [5, 5.41) is 13.0. The summed E-state index contributed by atoms with van der Waals surface area (Å²) < 4.78 is 26.9. The van der Waals surface area contributed by atoms with Gasteiger partial charge in [-0.3, -0.25) is 4.79 Å². The molecule has 1 saturated heterocycles. The molecule has 1 aromatic heterocycles. The number of phenolic OH excluding ortho intramolecular Hbond substituents is 1. The Morgan fingerprint density at radius 1 is 1.23 bits per heavy atom. The summed E-state index contributed by atoms with van der Waals surface area (Å²) in [6.07, 6.45) is 1.78. The third-order valence-corrected chi connectivity index (χ3v) is 8.38. The highest BCUT2D eigenvalue weighted by atomic mass is 32.2. The first-order valence-corrected chi connectivity index (χ1v) is 13.3. The number of thiazole rings is 1. The Balaban J connectivity index is 1.53. The molecule has 1 amide bonds. The Hall–Kier alpha value is -2.95. The number of ether oxygens (including phenoxy) is 2. The molecule has 2 unspecified atom stereocenters. The quantitative estimate of drug-likeness (QED) is 0.366. The summed E-state index contributed by atoms with van der Waals surface area (Å²) in [6, 6.07) is 11.8. The number of carbonyl (C=O) groups is 1. The zero-order chi connectivity index (χ0) is 24.9. The third-order valence-electron chi connectivity index (χ3n) is 6.12. The van der Waals surface area contributed by atoms with Crippen LogP contribution in [0.2, 0.25) is 0 Å². The van der Waals surface area contributed by atoms with Crippen LogP contribution in [-0.4, -0.2) is 40.5 Å². The second-order valence-electron chi connectivity index (χ2n) is 8.44. The van der Waals surface area contributed by atoms with E-state index in [0.717, 1.165) is 29.0 Å². The van der Waals surface area contributed by atoms with Gasteiger partial charge in [-0.05, 0) is 73.7 Å². The Kier molecular flexibility index (Phi) is 8.04. The molecule has 2 heterocycles. The van der Waals surface area contributed by atoms with Crippen molar-refractivity contribution < 1.29 is 23.6 Å². The molecule has 2 atom stereocenters. The van der Waals surface area contributed by atoms with Gasteiger partial charge in [0.2, 0.25) is 5.91 Å². The average Bonchev–Trinajstić information content (AvgIpc) is 3.24. The van der Waals surface area contributed by atoms with Gasteiger partial charge in [-0.2, -0.15) is 0 Å². The van der Waals surface area contributed by atoms with E-state index in [-0.39, 0.29) is 17.6 Å². The normalized spacial score (nSPS) is 15.9. The number of aromatic nitrogens is 1. The molecule has 3 aromatic rings. The molecule has 2 aromatic carbocycles. The van der Waals surface area contributed by atoms with Crippen molar-refractivity contribution in [3.63, 3.8) is 0 Å². The molecule has 4 rings (SSSR count). The van der Waals surface area contributed by atoms with E-state index >= 15 is 0 Å². The molecule has 8 nitrogen and oxygen atoms in total. The lowest BCUT2D eigenvalue weighted by atomic mass is 9.87. The second-order valence-corrected chi connectivity index (χ2v) is 10.6. The molecular weight excluding hydrogens is 486 g/mol. The number of anilines is 2.